The van der Waals surface area contributed by atoms with E-state index in [-0.39, 0.29) is 5.91 Å². The van der Waals surface area contributed by atoms with Crippen LogP contribution in [0, 0.1) is 6.92 Å². The third kappa shape index (κ3) is 3.51. The van der Waals surface area contributed by atoms with Gasteiger partial charge < -0.3 is 5.32 Å². The van der Waals surface area contributed by atoms with Crippen LogP contribution in [0.1, 0.15) is 22.5 Å². The van der Waals surface area contributed by atoms with Crippen molar-refractivity contribution in [3.8, 4) is 11.3 Å². The number of carbonyl (C=O) groups excluding carboxylic acids is 1. The lowest BCUT2D eigenvalue weighted by Gasteiger charge is -2.10. The molecule has 3 aromatic heterocycles. The molecule has 142 valence electrons. The highest BCUT2D eigenvalue weighted by Crippen LogP contribution is 2.26. The molecule has 1 amide bonds. The molecule has 0 radical (unpaired) electrons. The van der Waals surface area contributed by atoms with Crippen LogP contribution in [-0.4, -0.2) is 37.0 Å². The maximum atomic E-state index is 12.9. The third-order valence-electron chi connectivity index (χ3n) is 4.88. The Kier molecular flexibility index (Phi) is 4.89. The Labute approximate surface area is 163 Å². The molecule has 0 fully saturated rings. The van der Waals surface area contributed by atoms with Crippen molar-refractivity contribution < 1.29 is 4.79 Å². The lowest BCUT2D eigenvalue weighted by Crippen LogP contribution is -2.25. The summed E-state index contributed by atoms with van der Waals surface area (Å²) < 4.78 is 3.67. The average Bonchev–Trinajstić information content (AvgIpc) is 3.34. The summed E-state index contributed by atoms with van der Waals surface area (Å²) in [7, 11) is 1.90. The normalized spacial score (nSPS) is 11.1. The predicted molar refractivity (Wildman–Crippen MR) is 108 cm³/mol. The maximum Gasteiger partial charge on any atom is 0.252 e. The summed E-state index contributed by atoms with van der Waals surface area (Å²) in [6.45, 7) is 3.34. The van der Waals surface area contributed by atoms with Gasteiger partial charge in [-0.2, -0.15) is 10.2 Å². The van der Waals surface area contributed by atoms with Crippen molar-refractivity contribution >= 4 is 16.8 Å². The molecule has 0 bridgehead atoms. The standard InChI is InChI=1S/C21H22N6O/c1-15-18(14-24-26(15)2)20-13-17(16-7-3-4-8-19(16)25-20)21(28)22-9-5-11-27-12-6-10-23-27/h3-4,6-8,10,12-14H,5,9,11H2,1-2H3,(H,22,28). The predicted octanol–water partition coefficient (Wildman–Crippen LogP) is 2.96. The first-order valence-corrected chi connectivity index (χ1v) is 9.28. The summed E-state index contributed by atoms with van der Waals surface area (Å²) in [4.78, 5) is 17.7. The number of nitrogens with zero attached hydrogens (tertiary/aromatic N) is 5. The maximum absolute atomic E-state index is 12.9. The highest BCUT2D eigenvalue weighted by molar-refractivity contribution is 6.07. The van der Waals surface area contributed by atoms with E-state index >= 15 is 0 Å². The fourth-order valence-corrected chi connectivity index (χ4v) is 3.22. The molecule has 0 spiro atoms. The molecule has 0 unspecified atom stereocenters. The number of carbonyl (C=O) groups is 1. The quantitative estimate of drug-likeness (QED) is 0.526. The van der Waals surface area contributed by atoms with Crippen molar-refractivity contribution in [1.29, 1.82) is 0 Å². The zero-order valence-electron chi connectivity index (χ0n) is 16.0. The minimum Gasteiger partial charge on any atom is -0.352 e. The average molecular weight is 374 g/mol. The van der Waals surface area contributed by atoms with Gasteiger partial charge in [-0.25, -0.2) is 4.98 Å². The summed E-state index contributed by atoms with van der Waals surface area (Å²) in [5.41, 5.74) is 4.12. The van der Waals surface area contributed by atoms with E-state index in [1.165, 1.54) is 0 Å². The first kappa shape index (κ1) is 17.9. The van der Waals surface area contributed by atoms with Crippen LogP contribution in [0.25, 0.3) is 22.2 Å². The minimum absolute atomic E-state index is 0.0955. The van der Waals surface area contributed by atoms with Gasteiger partial charge in [0.15, 0.2) is 0 Å². The van der Waals surface area contributed by atoms with Crippen LogP contribution >= 0.6 is 0 Å². The Balaban J connectivity index is 1.59. The molecule has 0 saturated heterocycles. The van der Waals surface area contributed by atoms with E-state index < -0.39 is 0 Å². The molecule has 0 aliphatic heterocycles. The summed E-state index contributed by atoms with van der Waals surface area (Å²) in [6.07, 6.45) is 6.27. The Morgan fingerprint density at radius 2 is 2.04 bits per heavy atom. The van der Waals surface area contributed by atoms with Gasteiger partial charge in [0, 0.05) is 49.2 Å². The van der Waals surface area contributed by atoms with E-state index in [4.69, 9.17) is 4.98 Å². The number of fused-ring (bicyclic) bond motifs is 1. The first-order chi connectivity index (χ1) is 13.6. The fourth-order valence-electron chi connectivity index (χ4n) is 3.22. The second kappa shape index (κ2) is 7.64. The van der Waals surface area contributed by atoms with Crippen LogP contribution in [0.15, 0.2) is 55.0 Å². The topological polar surface area (TPSA) is 77.6 Å². The van der Waals surface area contributed by atoms with Gasteiger partial charge in [-0.15, -0.1) is 0 Å². The molecule has 0 aliphatic rings. The lowest BCUT2D eigenvalue weighted by molar-refractivity contribution is 0.0954. The van der Waals surface area contributed by atoms with Gasteiger partial charge in [0.2, 0.25) is 0 Å². The number of benzene rings is 1. The largest absolute Gasteiger partial charge is 0.352 e. The molecule has 28 heavy (non-hydrogen) atoms. The van der Waals surface area contributed by atoms with Crippen LogP contribution in [0.2, 0.25) is 0 Å². The second-order valence-electron chi connectivity index (χ2n) is 6.72. The molecule has 0 aliphatic carbocycles. The van der Waals surface area contributed by atoms with Crippen LogP contribution in [0.5, 0.6) is 0 Å². The molecule has 3 heterocycles. The van der Waals surface area contributed by atoms with Crippen molar-refractivity contribution in [1.82, 2.24) is 29.9 Å². The van der Waals surface area contributed by atoms with Gasteiger partial charge in [-0.05, 0) is 31.5 Å². The van der Waals surface area contributed by atoms with Crippen LogP contribution in [-0.2, 0) is 13.6 Å². The van der Waals surface area contributed by atoms with Crippen molar-refractivity contribution in [3.63, 3.8) is 0 Å². The molecule has 0 saturated carbocycles. The van der Waals surface area contributed by atoms with Crippen molar-refractivity contribution in [2.45, 2.75) is 19.9 Å². The SMILES string of the molecule is Cc1c(-c2cc(C(=O)NCCCn3cccn3)c3ccccc3n2)cnn1C. The van der Waals surface area contributed by atoms with Gasteiger partial charge >= 0.3 is 0 Å². The number of hydrogen-bond donors (Lipinski definition) is 1. The number of rotatable bonds is 6. The molecule has 1 aromatic carbocycles. The second-order valence-corrected chi connectivity index (χ2v) is 6.72. The number of aromatic nitrogens is 5. The number of aryl methyl sites for hydroxylation is 2. The zero-order valence-corrected chi connectivity index (χ0v) is 16.0. The monoisotopic (exact) mass is 374 g/mol. The molecule has 7 heteroatoms. The molecule has 7 nitrogen and oxygen atoms in total. The molecule has 1 N–H and O–H groups in total. The van der Waals surface area contributed by atoms with E-state index in [1.54, 1.807) is 17.1 Å². The molecule has 4 aromatic rings. The summed E-state index contributed by atoms with van der Waals surface area (Å²) >= 11 is 0. The number of pyridine rings is 1. The van der Waals surface area contributed by atoms with E-state index in [1.807, 2.05) is 61.2 Å². The summed E-state index contributed by atoms with van der Waals surface area (Å²) in [5, 5.41) is 12.3. The molecule has 0 atom stereocenters. The van der Waals surface area contributed by atoms with Crippen LogP contribution in [0.3, 0.4) is 0 Å². The van der Waals surface area contributed by atoms with Gasteiger partial charge in [-0.1, -0.05) is 18.2 Å². The first-order valence-electron chi connectivity index (χ1n) is 9.28. The van der Waals surface area contributed by atoms with Crippen LogP contribution in [0.4, 0.5) is 0 Å². The minimum atomic E-state index is -0.0955. The number of para-hydroxylation sites is 1. The van der Waals surface area contributed by atoms with Gasteiger partial charge in [0.25, 0.3) is 5.91 Å². The Morgan fingerprint density at radius 3 is 2.79 bits per heavy atom. The van der Waals surface area contributed by atoms with Gasteiger partial charge in [0.1, 0.15) is 0 Å². The fraction of sp³-hybridized carbons (Fsp3) is 0.238. The third-order valence-corrected chi connectivity index (χ3v) is 4.88. The number of amides is 1. The van der Waals surface area contributed by atoms with Crippen molar-refractivity contribution in [2.24, 2.45) is 7.05 Å². The van der Waals surface area contributed by atoms with Gasteiger partial charge in [0.05, 0.1) is 23.0 Å². The number of hydrogen-bond acceptors (Lipinski definition) is 4. The molecular weight excluding hydrogens is 352 g/mol. The van der Waals surface area contributed by atoms with Crippen molar-refractivity contribution in [2.75, 3.05) is 6.54 Å². The van der Waals surface area contributed by atoms with Crippen LogP contribution < -0.4 is 5.32 Å². The number of nitrogens with one attached hydrogen (secondary N) is 1. The summed E-state index contributed by atoms with van der Waals surface area (Å²) in [6, 6.07) is 11.5. The Hall–Kier alpha value is -3.48. The van der Waals surface area contributed by atoms with E-state index in [0.717, 1.165) is 40.8 Å². The summed E-state index contributed by atoms with van der Waals surface area (Å²) in [5.74, 6) is -0.0955. The Morgan fingerprint density at radius 1 is 1.18 bits per heavy atom. The van der Waals surface area contributed by atoms with Crippen molar-refractivity contribution in [3.05, 3.63) is 66.2 Å². The highest BCUT2D eigenvalue weighted by Gasteiger charge is 2.16. The highest BCUT2D eigenvalue weighted by atomic mass is 16.1. The van der Waals surface area contributed by atoms with E-state index in [2.05, 4.69) is 15.5 Å². The van der Waals surface area contributed by atoms with E-state index in [0.29, 0.717) is 12.1 Å². The lowest BCUT2D eigenvalue weighted by atomic mass is 10.0. The molecule has 4 rings (SSSR count). The zero-order chi connectivity index (χ0) is 19.5. The van der Waals surface area contributed by atoms with E-state index in [9.17, 15) is 4.79 Å². The smallest absolute Gasteiger partial charge is 0.252 e. The Bertz CT molecular complexity index is 1110. The molecular formula is C21H22N6O. The van der Waals surface area contributed by atoms with Gasteiger partial charge in [-0.3, -0.25) is 14.2 Å².